The van der Waals surface area contributed by atoms with Crippen LogP contribution in [0.5, 0.6) is 0 Å². The highest BCUT2D eigenvalue weighted by Gasteiger charge is 2.44. The van der Waals surface area contributed by atoms with Crippen molar-refractivity contribution in [2.45, 2.75) is 31.3 Å². The van der Waals surface area contributed by atoms with Crippen LogP contribution in [0.4, 0.5) is 14.9 Å². The van der Waals surface area contributed by atoms with Crippen LogP contribution in [0.15, 0.2) is 27.5 Å². The largest absolute Gasteiger partial charge is 0.322 e. The van der Waals surface area contributed by atoms with Gasteiger partial charge < -0.3 is 10.2 Å². The van der Waals surface area contributed by atoms with Crippen LogP contribution in [0.25, 0.3) is 0 Å². The summed E-state index contributed by atoms with van der Waals surface area (Å²) < 4.78 is 14.6. The molecule has 2 aliphatic heterocycles. The van der Waals surface area contributed by atoms with Gasteiger partial charge in [-0.25, -0.2) is 14.3 Å². The van der Waals surface area contributed by atoms with Gasteiger partial charge >= 0.3 is 6.03 Å². The zero-order valence-corrected chi connectivity index (χ0v) is 15.2. The standard InChI is InChI=1S/C16H13BrClFN4O2/c17-9-5-12(11(19)6-10(9)18)20-16(25)23-8-1-2-13(23)15-7(3-8)4-14(24)21-22-15/h4-6,8,13H,1-3H2,(H,20,25)(H,21,24)/t8-,13+/m1/s1. The zero-order valence-electron chi connectivity index (χ0n) is 12.9. The third kappa shape index (κ3) is 2.83. The van der Waals surface area contributed by atoms with Crippen molar-refractivity contribution in [2.24, 2.45) is 0 Å². The van der Waals surface area contributed by atoms with Crippen LogP contribution in [0, 0.1) is 5.82 Å². The molecule has 0 spiro atoms. The molecule has 2 atom stereocenters. The molecule has 0 radical (unpaired) electrons. The molecule has 1 aromatic heterocycles. The van der Waals surface area contributed by atoms with Gasteiger partial charge in [-0.15, -0.1) is 0 Å². The molecule has 2 N–H and O–H groups in total. The van der Waals surface area contributed by atoms with E-state index in [1.165, 1.54) is 6.07 Å². The molecule has 2 bridgehead atoms. The van der Waals surface area contributed by atoms with E-state index < -0.39 is 5.82 Å². The lowest BCUT2D eigenvalue weighted by Crippen LogP contribution is -2.45. The van der Waals surface area contributed by atoms with Gasteiger partial charge in [0.25, 0.3) is 5.56 Å². The van der Waals surface area contributed by atoms with Gasteiger partial charge in [0.1, 0.15) is 5.82 Å². The minimum Gasteiger partial charge on any atom is -0.313 e. The predicted octanol–water partition coefficient (Wildman–Crippen LogP) is 3.62. The molecule has 2 amide bonds. The molecule has 1 aromatic carbocycles. The second-order valence-corrected chi connectivity index (χ2v) is 7.44. The molecule has 1 saturated heterocycles. The summed E-state index contributed by atoms with van der Waals surface area (Å²) in [5.74, 6) is -0.603. The number of aromatic amines is 1. The lowest BCUT2D eigenvalue weighted by atomic mass is 9.99. The fraction of sp³-hybridized carbons (Fsp3) is 0.312. The summed E-state index contributed by atoms with van der Waals surface area (Å²) in [6.07, 6.45) is 2.15. The van der Waals surface area contributed by atoms with Crippen LogP contribution < -0.4 is 10.9 Å². The van der Waals surface area contributed by atoms with Crippen LogP contribution >= 0.6 is 27.5 Å². The molecule has 0 aliphatic carbocycles. The van der Waals surface area contributed by atoms with Gasteiger partial charge in [0.2, 0.25) is 0 Å². The van der Waals surface area contributed by atoms with Gasteiger partial charge in [0, 0.05) is 16.6 Å². The quantitative estimate of drug-likeness (QED) is 0.682. The SMILES string of the molecule is O=C(Nc1cc(Br)c(Cl)cc1F)N1[C@@H]2CC[C@H]1c1n[nH]c(=O)cc1C2. The molecule has 4 rings (SSSR count). The molecule has 9 heteroatoms. The Bertz CT molecular complexity index is 935. The van der Waals surface area contributed by atoms with Gasteiger partial charge in [-0.2, -0.15) is 5.10 Å². The first kappa shape index (κ1) is 16.5. The van der Waals surface area contributed by atoms with Crippen molar-refractivity contribution >= 4 is 39.2 Å². The summed E-state index contributed by atoms with van der Waals surface area (Å²) in [5.41, 5.74) is 1.40. The average Bonchev–Trinajstić information content (AvgIpc) is 2.88. The third-order valence-corrected chi connectivity index (χ3v) is 5.88. The lowest BCUT2D eigenvalue weighted by molar-refractivity contribution is 0.177. The number of anilines is 1. The summed E-state index contributed by atoms with van der Waals surface area (Å²) >= 11 is 9.07. The number of fused-ring (bicyclic) bond motifs is 4. The minimum absolute atomic E-state index is 0.0279. The molecule has 1 fully saturated rings. The molecule has 0 unspecified atom stereocenters. The number of nitrogens with zero attached hydrogens (tertiary/aromatic N) is 2. The number of aromatic nitrogens is 2. The van der Waals surface area contributed by atoms with Crippen LogP contribution in [0.3, 0.4) is 0 Å². The number of amides is 2. The number of urea groups is 1. The maximum Gasteiger partial charge on any atom is 0.322 e. The first-order valence-electron chi connectivity index (χ1n) is 7.76. The zero-order chi connectivity index (χ0) is 17.7. The summed E-state index contributed by atoms with van der Waals surface area (Å²) in [5, 5.41) is 9.40. The topological polar surface area (TPSA) is 78.1 Å². The number of rotatable bonds is 1. The Morgan fingerprint density at radius 1 is 1.40 bits per heavy atom. The van der Waals surface area contributed by atoms with E-state index in [1.54, 1.807) is 11.0 Å². The van der Waals surface area contributed by atoms with Crippen molar-refractivity contribution in [3.8, 4) is 0 Å². The van der Waals surface area contributed by atoms with E-state index >= 15 is 0 Å². The number of hydrogen-bond donors (Lipinski definition) is 2. The van der Waals surface area contributed by atoms with Crippen molar-refractivity contribution in [3.05, 3.63) is 55.1 Å². The highest BCUT2D eigenvalue weighted by atomic mass is 79.9. The molecule has 2 aromatic rings. The van der Waals surface area contributed by atoms with E-state index in [-0.39, 0.29) is 34.4 Å². The molecular formula is C16H13BrClFN4O2. The van der Waals surface area contributed by atoms with Gasteiger partial charge in [-0.1, -0.05) is 11.6 Å². The van der Waals surface area contributed by atoms with E-state index in [0.717, 1.165) is 24.5 Å². The summed E-state index contributed by atoms with van der Waals surface area (Å²) in [6, 6.07) is 3.49. The van der Waals surface area contributed by atoms with Crippen molar-refractivity contribution in [2.75, 3.05) is 5.32 Å². The second kappa shape index (κ2) is 6.10. The van der Waals surface area contributed by atoms with Gasteiger partial charge in [-0.3, -0.25) is 4.79 Å². The van der Waals surface area contributed by atoms with Gasteiger partial charge in [0.05, 0.1) is 22.4 Å². The van der Waals surface area contributed by atoms with E-state index in [4.69, 9.17) is 11.6 Å². The van der Waals surface area contributed by atoms with Crippen molar-refractivity contribution in [1.82, 2.24) is 15.1 Å². The molecule has 130 valence electrons. The van der Waals surface area contributed by atoms with Crippen molar-refractivity contribution in [3.63, 3.8) is 0 Å². The van der Waals surface area contributed by atoms with Gasteiger partial charge in [-0.05, 0) is 52.9 Å². The lowest BCUT2D eigenvalue weighted by Gasteiger charge is -2.35. The molecule has 3 heterocycles. The molecule has 2 aliphatic rings. The number of halogens is 3. The van der Waals surface area contributed by atoms with E-state index in [2.05, 4.69) is 31.4 Å². The van der Waals surface area contributed by atoms with E-state index in [9.17, 15) is 14.0 Å². The van der Waals surface area contributed by atoms with Gasteiger partial charge in [0.15, 0.2) is 0 Å². The normalized spacial score (nSPS) is 21.2. The number of carbonyl (C=O) groups is 1. The smallest absolute Gasteiger partial charge is 0.313 e. The Morgan fingerprint density at radius 2 is 2.20 bits per heavy atom. The number of H-pyrrole nitrogens is 1. The predicted molar refractivity (Wildman–Crippen MR) is 94.3 cm³/mol. The van der Waals surface area contributed by atoms with E-state index in [0.29, 0.717) is 16.6 Å². The first-order valence-corrected chi connectivity index (χ1v) is 8.93. The summed E-state index contributed by atoms with van der Waals surface area (Å²) in [6.45, 7) is 0. The number of benzene rings is 1. The van der Waals surface area contributed by atoms with Crippen LogP contribution in [0.2, 0.25) is 5.02 Å². The average molecular weight is 428 g/mol. The Kier molecular flexibility index (Phi) is 4.04. The second-order valence-electron chi connectivity index (χ2n) is 6.18. The maximum atomic E-state index is 14.1. The Labute approximate surface area is 155 Å². The number of carbonyl (C=O) groups excluding carboxylic acids is 1. The third-order valence-electron chi connectivity index (χ3n) is 4.68. The Balaban J connectivity index is 1.63. The molecule has 6 nitrogen and oxygen atoms in total. The maximum absolute atomic E-state index is 14.1. The minimum atomic E-state index is -0.603. The van der Waals surface area contributed by atoms with Crippen molar-refractivity contribution < 1.29 is 9.18 Å². The molecular weight excluding hydrogens is 415 g/mol. The molecule has 25 heavy (non-hydrogen) atoms. The highest BCUT2D eigenvalue weighted by molar-refractivity contribution is 9.10. The fourth-order valence-electron chi connectivity index (χ4n) is 3.61. The fourth-order valence-corrected chi connectivity index (χ4v) is 4.11. The van der Waals surface area contributed by atoms with E-state index in [1.807, 2.05) is 0 Å². The Hall–Kier alpha value is -1.93. The summed E-state index contributed by atoms with van der Waals surface area (Å²) in [4.78, 5) is 25.9. The summed E-state index contributed by atoms with van der Waals surface area (Å²) in [7, 11) is 0. The number of nitrogens with one attached hydrogen (secondary N) is 2. The van der Waals surface area contributed by atoms with Crippen LogP contribution in [-0.4, -0.2) is 27.2 Å². The molecule has 0 saturated carbocycles. The monoisotopic (exact) mass is 426 g/mol. The van der Waals surface area contributed by atoms with Crippen LogP contribution in [0.1, 0.15) is 30.1 Å². The highest BCUT2D eigenvalue weighted by Crippen LogP contribution is 2.42. The van der Waals surface area contributed by atoms with Crippen molar-refractivity contribution in [1.29, 1.82) is 0 Å². The Morgan fingerprint density at radius 3 is 3.00 bits per heavy atom. The number of hydrogen-bond acceptors (Lipinski definition) is 3. The first-order chi connectivity index (χ1) is 11.9. The van der Waals surface area contributed by atoms with Crippen LogP contribution in [-0.2, 0) is 6.42 Å².